The molecule has 2 unspecified atom stereocenters. The molecule has 4 rings (SSSR count). The van der Waals surface area contributed by atoms with E-state index in [4.69, 9.17) is 5.73 Å². The minimum Gasteiger partial charge on any atom is -0.368 e. The number of nitrogen functional groups attached to an aromatic ring is 1. The smallest absolute Gasteiger partial charge is 0.223 e. The Morgan fingerprint density at radius 1 is 1.29 bits per heavy atom. The van der Waals surface area contributed by atoms with Crippen molar-refractivity contribution in [1.82, 2.24) is 15.3 Å². The highest BCUT2D eigenvalue weighted by atomic mass is 16.1. The summed E-state index contributed by atoms with van der Waals surface area (Å²) in [5, 5.41) is 3.27. The SMILES string of the molecule is Cc1cccc2c1CCC2NC(=O)C1CCc2nc(N)ncc2C1. The largest absolute Gasteiger partial charge is 0.368 e. The summed E-state index contributed by atoms with van der Waals surface area (Å²) in [5.74, 6) is 0.463. The van der Waals surface area contributed by atoms with Crippen molar-refractivity contribution < 1.29 is 4.79 Å². The monoisotopic (exact) mass is 322 g/mol. The fourth-order valence-corrected chi connectivity index (χ4v) is 4.02. The van der Waals surface area contributed by atoms with Gasteiger partial charge in [-0.05, 0) is 61.3 Å². The lowest BCUT2D eigenvalue weighted by Gasteiger charge is -2.25. The molecule has 124 valence electrons. The van der Waals surface area contributed by atoms with Gasteiger partial charge in [-0.15, -0.1) is 0 Å². The quantitative estimate of drug-likeness (QED) is 0.889. The molecule has 2 atom stereocenters. The first kappa shape index (κ1) is 15.1. The first-order valence-corrected chi connectivity index (χ1v) is 8.61. The van der Waals surface area contributed by atoms with E-state index in [0.717, 1.165) is 36.9 Å². The van der Waals surface area contributed by atoms with Crippen molar-refractivity contribution >= 4 is 11.9 Å². The number of nitrogens with one attached hydrogen (secondary N) is 1. The lowest BCUT2D eigenvalue weighted by atomic mass is 9.86. The van der Waals surface area contributed by atoms with Gasteiger partial charge in [0.15, 0.2) is 0 Å². The van der Waals surface area contributed by atoms with Crippen LogP contribution >= 0.6 is 0 Å². The van der Waals surface area contributed by atoms with Crippen LogP contribution in [0.2, 0.25) is 0 Å². The van der Waals surface area contributed by atoms with Gasteiger partial charge in [-0.3, -0.25) is 4.79 Å². The maximum atomic E-state index is 12.7. The van der Waals surface area contributed by atoms with Crippen LogP contribution in [0.5, 0.6) is 0 Å². The number of anilines is 1. The molecule has 1 aromatic heterocycles. The standard InChI is InChI=1S/C19H22N4O/c1-11-3-2-4-15-14(11)6-8-17(15)22-18(24)12-5-7-16-13(9-12)10-21-19(20)23-16/h2-4,10,12,17H,5-9H2,1H3,(H,22,24)(H2,20,21,23). The second-order valence-corrected chi connectivity index (χ2v) is 6.88. The van der Waals surface area contributed by atoms with E-state index in [1.54, 1.807) is 6.20 Å². The molecule has 0 spiro atoms. The third-order valence-corrected chi connectivity index (χ3v) is 5.36. The minimum atomic E-state index is -0.00131. The predicted molar refractivity (Wildman–Crippen MR) is 92.3 cm³/mol. The number of benzene rings is 1. The maximum Gasteiger partial charge on any atom is 0.223 e. The molecule has 2 aliphatic carbocycles. The Morgan fingerprint density at radius 2 is 2.17 bits per heavy atom. The summed E-state index contributed by atoms with van der Waals surface area (Å²) in [6.45, 7) is 2.15. The van der Waals surface area contributed by atoms with E-state index in [-0.39, 0.29) is 17.9 Å². The van der Waals surface area contributed by atoms with E-state index in [1.807, 2.05) is 0 Å². The van der Waals surface area contributed by atoms with Gasteiger partial charge < -0.3 is 11.1 Å². The van der Waals surface area contributed by atoms with Gasteiger partial charge in [0, 0.05) is 17.8 Å². The van der Waals surface area contributed by atoms with E-state index in [2.05, 4.69) is 40.4 Å². The molecule has 1 heterocycles. The number of hydrogen-bond acceptors (Lipinski definition) is 4. The molecule has 5 nitrogen and oxygen atoms in total. The molecule has 0 saturated carbocycles. The third-order valence-electron chi connectivity index (χ3n) is 5.36. The van der Waals surface area contributed by atoms with Crippen molar-refractivity contribution in [1.29, 1.82) is 0 Å². The van der Waals surface area contributed by atoms with Crippen LogP contribution in [0.25, 0.3) is 0 Å². The Hall–Kier alpha value is -2.43. The fraction of sp³-hybridized carbons (Fsp3) is 0.421. The molecule has 0 bridgehead atoms. The van der Waals surface area contributed by atoms with Crippen molar-refractivity contribution in [3.8, 4) is 0 Å². The van der Waals surface area contributed by atoms with Crippen molar-refractivity contribution in [2.45, 2.75) is 45.1 Å². The second kappa shape index (κ2) is 5.89. The van der Waals surface area contributed by atoms with Crippen LogP contribution < -0.4 is 11.1 Å². The molecule has 0 aliphatic heterocycles. The topological polar surface area (TPSA) is 80.9 Å². The van der Waals surface area contributed by atoms with Crippen LogP contribution in [0.1, 0.15) is 46.8 Å². The van der Waals surface area contributed by atoms with Crippen LogP contribution in [0.15, 0.2) is 24.4 Å². The Bertz CT molecular complexity index is 802. The van der Waals surface area contributed by atoms with E-state index < -0.39 is 0 Å². The van der Waals surface area contributed by atoms with E-state index in [9.17, 15) is 4.79 Å². The van der Waals surface area contributed by atoms with Crippen LogP contribution in [0.4, 0.5) is 5.95 Å². The number of nitrogens with zero attached hydrogens (tertiary/aromatic N) is 2. The molecular weight excluding hydrogens is 300 g/mol. The van der Waals surface area contributed by atoms with Crippen molar-refractivity contribution in [2.24, 2.45) is 5.92 Å². The highest BCUT2D eigenvalue weighted by molar-refractivity contribution is 5.80. The van der Waals surface area contributed by atoms with Gasteiger partial charge in [-0.2, -0.15) is 0 Å². The van der Waals surface area contributed by atoms with Gasteiger partial charge in [0.05, 0.1) is 6.04 Å². The zero-order chi connectivity index (χ0) is 16.7. The summed E-state index contributed by atoms with van der Waals surface area (Å²) >= 11 is 0. The zero-order valence-electron chi connectivity index (χ0n) is 13.9. The number of amides is 1. The highest BCUT2D eigenvalue weighted by Crippen LogP contribution is 2.34. The average Bonchev–Trinajstić information content (AvgIpc) is 2.99. The molecule has 5 heteroatoms. The number of carbonyl (C=O) groups excluding carboxylic acids is 1. The van der Waals surface area contributed by atoms with Crippen LogP contribution in [-0.4, -0.2) is 15.9 Å². The molecule has 24 heavy (non-hydrogen) atoms. The fourth-order valence-electron chi connectivity index (χ4n) is 4.02. The first-order chi connectivity index (χ1) is 11.6. The number of nitrogens with two attached hydrogens (primary N) is 1. The Balaban J connectivity index is 1.47. The summed E-state index contributed by atoms with van der Waals surface area (Å²) < 4.78 is 0. The van der Waals surface area contributed by atoms with Gasteiger partial charge in [0.2, 0.25) is 11.9 Å². The number of carbonyl (C=O) groups is 1. The van der Waals surface area contributed by atoms with Crippen LogP contribution in [0.3, 0.4) is 0 Å². The molecule has 1 aromatic carbocycles. The number of rotatable bonds is 2. The Labute approximate surface area is 141 Å². The van der Waals surface area contributed by atoms with Gasteiger partial charge in [-0.1, -0.05) is 18.2 Å². The van der Waals surface area contributed by atoms with E-state index in [1.165, 1.54) is 16.7 Å². The Kier molecular flexibility index (Phi) is 3.71. The second-order valence-electron chi connectivity index (χ2n) is 6.88. The summed E-state index contributed by atoms with van der Waals surface area (Å²) in [7, 11) is 0. The van der Waals surface area contributed by atoms with Gasteiger partial charge in [0.1, 0.15) is 0 Å². The Morgan fingerprint density at radius 3 is 3.04 bits per heavy atom. The van der Waals surface area contributed by atoms with Crippen molar-refractivity contribution in [3.63, 3.8) is 0 Å². The highest BCUT2D eigenvalue weighted by Gasteiger charge is 2.30. The van der Waals surface area contributed by atoms with Crippen molar-refractivity contribution in [3.05, 3.63) is 52.3 Å². The summed E-state index contributed by atoms with van der Waals surface area (Å²) in [6, 6.07) is 6.52. The minimum absolute atomic E-state index is 0.00131. The lowest BCUT2D eigenvalue weighted by Crippen LogP contribution is -2.36. The number of aromatic nitrogens is 2. The van der Waals surface area contributed by atoms with Gasteiger partial charge in [0.25, 0.3) is 0 Å². The molecule has 2 aromatic rings. The number of hydrogen-bond donors (Lipinski definition) is 2. The molecule has 3 N–H and O–H groups in total. The maximum absolute atomic E-state index is 12.7. The molecular formula is C19H22N4O. The average molecular weight is 322 g/mol. The summed E-state index contributed by atoms with van der Waals surface area (Å²) in [6.07, 6.45) is 6.13. The third kappa shape index (κ3) is 2.64. The van der Waals surface area contributed by atoms with E-state index >= 15 is 0 Å². The van der Waals surface area contributed by atoms with Crippen LogP contribution in [-0.2, 0) is 24.1 Å². The lowest BCUT2D eigenvalue weighted by molar-refractivity contribution is -0.126. The van der Waals surface area contributed by atoms with Crippen LogP contribution in [0, 0.1) is 12.8 Å². The zero-order valence-corrected chi connectivity index (χ0v) is 13.9. The first-order valence-electron chi connectivity index (χ1n) is 8.61. The number of aryl methyl sites for hydroxylation is 2. The molecule has 0 fully saturated rings. The molecule has 1 amide bonds. The molecule has 0 radical (unpaired) electrons. The van der Waals surface area contributed by atoms with Gasteiger partial charge in [-0.25, -0.2) is 9.97 Å². The summed E-state index contributed by atoms with van der Waals surface area (Å²) in [5.41, 5.74) is 11.7. The normalized spacial score (nSPS) is 21.9. The molecule has 0 saturated heterocycles. The van der Waals surface area contributed by atoms with Gasteiger partial charge >= 0.3 is 0 Å². The van der Waals surface area contributed by atoms with E-state index in [0.29, 0.717) is 12.4 Å². The summed E-state index contributed by atoms with van der Waals surface area (Å²) in [4.78, 5) is 21.1. The number of fused-ring (bicyclic) bond motifs is 2. The molecule has 2 aliphatic rings. The van der Waals surface area contributed by atoms with Crippen molar-refractivity contribution in [2.75, 3.05) is 5.73 Å². The predicted octanol–water partition coefficient (Wildman–Crippen LogP) is 2.28.